The first-order valence-electron chi connectivity index (χ1n) is 5.69. The van der Waals surface area contributed by atoms with Crippen molar-refractivity contribution in [1.82, 2.24) is 10.1 Å². The predicted octanol–water partition coefficient (Wildman–Crippen LogP) is 2.66. The molecule has 0 aliphatic rings. The van der Waals surface area contributed by atoms with Crippen LogP contribution in [0.3, 0.4) is 0 Å². The van der Waals surface area contributed by atoms with Gasteiger partial charge in [-0.15, -0.1) is 0 Å². The average Bonchev–Trinajstić information content (AvgIpc) is 2.85. The number of aryl methyl sites for hydroxylation is 2. The maximum atomic E-state index is 12.0. The van der Waals surface area contributed by atoms with Gasteiger partial charge in [0.25, 0.3) is 5.91 Å². The molecule has 2 rings (SSSR count). The van der Waals surface area contributed by atoms with E-state index in [2.05, 4.69) is 15.5 Å². The van der Waals surface area contributed by atoms with E-state index in [1.807, 2.05) is 13.8 Å². The molecule has 1 amide bonds. The van der Waals surface area contributed by atoms with Crippen LogP contribution in [0.15, 0.2) is 15.0 Å². The van der Waals surface area contributed by atoms with Crippen molar-refractivity contribution in [2.75, 3.05) is 5.32 Å². The standard InChI is InChI=1S/C12H15N3O3/c1-6(2)10-11(17-8(4)13-10)12(16)14-9-5-7(3)18-15-9/h5-6H,1-4H3,(H,14,15,16). The van der Waals surface area contributed by atoms with Crippen LogP contribution in [0.4, 0.5) is 5.82 Å². The van der Waals surface area contributed by atoms with Crippen molar-refractivity contribution in [3.05, 3.63) is 29.2 Å². The van der Waals surface area contributed by atoms with Gasteiger partial charge in [-0.3, -0.25) is 4.79 Å². The van der Waals surface area contributed by atoms with E-state index in [9.17, 15) is 4.79 Å². The zero-order valence-electron chi connectivity index (χ0n) is 10.8. The topological polar surface area (TPSA) is 81.2 Å². The Morgan fingerprint density at radius 3 is 2.67 bits per heavy atom. The second-order valence-corrected chi connectivity index (χ2v) is 4.38. The second kappa shape index (κ2) is 4.64. The summed E-state index contributed by atoms with van der Waals surface area (Å²) in [5, 5.41) is 6.30. The van der Waals surface area contributed by atoms with Crippen molar-refractivity contribution >= 4 is 11.7 Å². The van der Waals surface area contributed by atoms with E-state index in [-0.39, 0.29) is 17.6 Å². The Hall–Kier alpha value is -2.11. The van der Waals surface area contributed by atoms with Gasteiger partial charge in [-0.05, 0) is 12.8 Å². The third-order valence-electron chi connectivity index (χ3n) is 2.38. The van der Waals surface area contributed by atoms with Crippen molar-refractivity contribution in [3.63, 3.8) is 0 Å². The van der Waals surface area contributed by atoms with E-state index in [1.165, 1.54) is 0 Å². The van der Waals surface area contributed by atoms with E-state index >= 15 is 0 Å². The van der Waals surface area contributed by atoms with Gasteiger partial charge in [-0.25, -0.2) is 4.98 Å². The van der Waals surface area contributed by atoms with Gasteiger partial charge in [0, 0.05) is 13.0 Å². The smallest absolute Gasteiger partial charge is 0.294 e. The molecule has 0 saturated heterocycles. The van der Waals surface area contributed by atoms with Gasteiger partial charge in [0.1, 0.15) is 5.76 Å². The van der Waals surface area contributed by atoms with E-state index in [0.29, 0.717) is 23.2 Å². The fourth-order valence-corrected chi connectivity index (χ4v) is 1.60. The van der Waals surface area contributed by atoms with E-state index in [0.717, 1.165) is 0 Å². The molecule has 6 heteroatoms. The SMILES string of the molecule is Cc1cc(NC(=O)c2oc(C)nc2C(C)C)no1. The third-order valence-corrected chi connectivity index (χ3v) is 2.38. The number of carbonyl (C=O) groups excluding carboxylic acids is 1. The van der Waals surface area contributed by atoms with Gasteiger partial charge in [0.2, 0.25) is 5.76 Å². The van der Waals surface area contributed by atoms with Crippen LogP contribution in [0.2, 0.25) is 0 Å². The first-order valence-corrected chi connectivity index (χ1v) is 5.69. The highest BCUT2D eigenvalue weighted by Crippen LogP contribution is 2.21. The van der Waals surface area contributed by atoms with Crippen LogP contribution in [0.1, 0.15) is 47.7 Å². The Bertz CT molecular complexity index is 569. The molecular weight excluding hydrogens is 234 g/mol. The van der Waals surface area contributed by atoms with E-state index in [1.54, 1.807) is 19.9 Å². The van der Waals surface area contributed by atoms with Gasteiger partial charge in [0.15, 0.2) is 11.7 Å². The molecule has 0 bridgehead atoms. The van der Waals surface area contributed by atoms with Gasteiger partial charge >= 0.3 is 0 Å². The largest absolute Gasteiger partial charge is 0.436 e. The van der Waals surface area contributed by atoms with Crippen LogP contribution in [-0.2, 0) is 0 Å². The predicted molar refractivity (Wildman–Crippen MR) is 64.5 cm³/mol. The summed E-state index contributed by atoms with van der Waals surface area (Å²) in [5.74, 6) is 1.43. The number of nitrogens with zero attached hydrogens (tertiary/aromatic N) is 2. The summed E-state index contributed by atoms with van der Waals surface area (Å²) in [6.07, 6.45) is 0. The highest BCUT2D eigenvalue weighted by molar-refractivity contribution is 6.02. The third kappa shape index (κ3) is 2.42. The Balaban J connectivity index is 2.23. The molecule has 2 heterocycles. The van der Waals surface area contributed by atoms with Crippen LogP contribution in [0.25, 0.3) is 0 Å². The van der Waals surface area contributed by atoms with Crippen LogP contribution >= 0.6 is 0 Å². The number of anilines is 1. The summed E-state index contributed by atoms with van der Waals surface area (Å²) < 4.78 is 10.2. The summed E-state index contributed by atoms with van der Waals surface area (Å²) in [6.45, 7) is 7.37. The molecule has 0 unspecified atom stereocenters. The normalized spacial score (nSPS) is 10.9. The highest BCUT2D eigenvalue weighted by atomic mass is 16.5. The number of oxazole rings is 1. The molecule has 0 aromatic carbocycles. The summed E-state index contributed by atoms with van der Waals surface area (Å²) in [4.78, 5) is 16.2. The molecule has 0 radical (unpaired) electrons. The van der Waals surface area contributed by atoms with E-state index in [4.69, 9.17) is 8.94 Å². The van der Waals surface area contributed by atoms with Crippen molar-refractivity contribution < 1.29 is 13.7 Å². The minimum Gasteiger partial charge on any atom is -0.436 e. The molecule has 2 aromatic heterocycles. The van der Waals surface area contributed by atoms with Crippen LogP contribution in [-0.4, -0.2) is 16.0 Å². The Morgan fingerprint density at radius 2 is 2.11 bits per heavy atom. The molecule has 2 aromatic rings. The van der Waals surface area contributed by atoms with Gasteiger partial charge in [-0.1, -0.05) is 19.0 Å². The molecule has 96 valence electrons. The maximum Gasteiger partial charge on any atom is 0.294 e. The Morgan fingerprint density at radius 1 is 1.39 bits per heavy atom. The number of aromatic nitrogens is 2. The lowest BCUT2D eigenvalue weighted by Crippen LogP contribution is -2.13. The fourth-order valence-electron chi connectivity index (χ4n) is 1.60. The molecular formula is C12H15N3O3. The first kappa shape index (κ1) is 12.3. The Kier molecular flexibility index (Phi) is 3.18. The minimum absolute atomic E-state index is 0.113. The molecule has 0 atom stereocenters. The molecule has 6 nitrogen and oxygen atoms in total. The lowest BCUT2D eigenvalue weighted by atomic mass is 10.1. The molecule has 1 N–H and O–H groups in total. The molecule has 0 saturated carbocycles. The molecule has 0 fully saturated rings. The van der Waals surface area contributed by atoms with Gasteiger partial charge < -0.3 is 14.3 Å². The first-order chi connectivity index (χ1) is 8.47. The Labute approximate surface area is 104 Å². The number of carbonyl (C=O) groups is 1. The number of hydrogen-bond acceptors (Lipinski definition) is 5. The average molecular weight is 249 g/mol. The molecule has 18 heavy (non-hydrogen) atoms. The quantitative estimate of drug-likeness (QED) is 0.904. The van der Waals surface area contributed by atoms with E-state index < -0.39 is 0 Å². The monoisotopic (exact) mass is 249 g/mol. The second-order valence-electron chi connectivity index (χ2n) is 4.38. The number of amides is 1. The summed E-state index contributed by atoms with van der Waals surface area (Å²) in [5.41, 5.74) is 0.644. The zero-order chi connectivity index (χ0) is 13.3. The molecule has 0 spiro atoms. The maximum absolute atomic E-state index is 12.0. The molecule has 0 aliphatic heterocycles. The highest BCUT2D eigenvalue weighted by Gasteiger charge is 2.21. The van der Waals surface area contributed by atoms with Crippen molar-refractivity contribution in [3.8, 4) is 0 Å². The number of rotatable bonds is 3. The minimum atomic E-state index is -0.368. The van der Waals surface area contributed by atoms with Gasteiger partial charge in [0.05, 0.1) is 5.69 Å². The van der Waals surface area contributed by atoms with Crippen LogP contribution < -0.4 is 5.32 Å². The number of nitrogens with one attached hydrogen (secondary N) is 1. The van der Waals surface area contributed by atoms with Crippen molar-refractivity contribution in [2.24, 2.45) is 0 Å². The number of hydrogen-bond donors (Lipinski definition) is 1. The lowest BCUT2D eigenvalue weighted by Gasteiger charge is -2.02. The zero-order valence-corrected chi connectivity index (χ0v) is 10.8. The molecule has 0 aliphatic carbocycles. The van der Waals surface area contributed by atoms with Crippen molar-refractivity contribution in [1.29, 1.82) is 0 Å². The lowest BCUT2D eigenvalue weighted by molar-refractivity contribution is 0.0993. The van der Waals surface area contributed by atoms with Crippen LogP contribution in [0, 0.1) is 13.8 Å². The van der Waals surface area contributed by atoms with Crippen molar-refractivity contribution in [2.45, 2.75) is 33.6 Å². The summed E-state index contributed by atoms with van der Waals surface area (Å²) in [7, 11) is 0. The summed E-state index contributed by atoms with van der Waals surface area (Å²) in [6, 6.07) is 1.64. The van der Waals surface area contributed by atoms with Gasteiger partial charge in [-0.2, -0.15) is 0 Å². The summed E-state index contributed by atoms with van der Waals surface area (Å²) >= 11 is 0. The van der Waals surface area contributed by atoms with Crippen LogP contribution in [0.5, 0.6) is 0 Å². The fraction of sp³-hybridized carbons (Fsp3) is 0.417.